The molecule has 0 spiro atoms. The van der Waals surface area contributed by atoms with E-state index in [0.29, 0.717) is 13.0 Å². The van der Waals surface area contributed by atoms with Gasteiger partial charge in [0.2, 0.25) is 0 Å². The second-order valence-electron chi connectivity index (χ2n) is 5.04. The van der Waals surface area contributed by atoms with E-state index in [0.717, 1.165) is 16.9 Å². The number of hydrogen-bond donors (Lipinski definition) is 1. The highest BCUT2D eigenvalue weighted by Gasteiger charge is 2.38. The number of carbonyl (C=O) groups is 2. The summed E-state index contributed by atoms with van der Waals surface area (Å²) in [5, 5.41) is 9.10. The number of aliphatic carboxylic acids is 1. The summed E-state index contributed by atoms with van der Waals surface area (Å²) in [4.78, 5) is 27.2. The number of hydrogen-bond acceptors (Lipinski definition) is 3. The Morgan fingerprint density at radius 2 is 2.21 bits per heavy atom. The van der Waals surface area contributed by atoms with Gasteiger partial charge < -0.3 is 10.0 Å². The summed E-state index contributed by atoms with van der Waals surface area (Å²) in [6.45, 7) is 6.45. The van der Waals surface area contributed by atoms with Crippen LogP contribution < -0.4 is 0 Å². The first kappa shape index (κ1) is 14.1. The summed E-state index contributed by atoms with van der Waals surface area (Å²) in [5.74, 6) is -1.26. The number of carboxylic acid groups (broad SMARTS) is 1. The maximum absolute atomic E-state index is 12.5. The van der Waals surface area contributed by atoms with Gasteiger partial charge >= 0.3 is 5.97 Å². The number of likely N-dealkylation sites (tertiary alicyclic amines) is 1. The van der Waals surface area contributed by atoms with Gasteiger partial charge in [-0.15, -0.1) is 11.3 Å². The average molecular weight is 281 g/mol. The van der Waals surface area contributed by atoms with E-state index in [2.05, 4.69) is 6.92 Å². The van der Waals surface area contributed by atoms with Gasteiger partial charge in [0, 0.05) is 17.5 Å². The second kappa shape index (κ2) is 5.33. The molecule has 19 heavy (non-hydrogen) atoms. The molecule has 0 radical (unpaired) electrons. The summed E-state index contributed by atoms with van der Waals surface area (Å²) in [6.07, 6.45) is 1.48. The first-order valence-electron chi connectivity index (χ1n) is 6.58. The Bertz CT molecular complexity index is 509. The van der Waals surface area contributed by atoms with Crippen molar-refractivity contribution in [2.45, 2.75) is 39.7 Å². The molecule has 1 aliphatic rings. The topological polar surface area (TPSA) is 57.6 Å². The Morgan fingerprint density at radius 1 is 1.53 bits per heavy atom. The third-order valence-electron chi connectivity index (χ3n) is 3.89. The molecule has 0 aliphatic carbocycles. The van der Waals surface area contributed by atoms with Gasteiger partial charge in [0.05, 0.1) is 10.8 Å². The lowest BCUT2D eigenvalue weighted by Gasteiger charge is -2.22. The maximum atomic E-state index is 12.5. The van der Waals surface area contributed by atoms with E-state index >= 15 is 0 Å². The highest BCUT2D eigenvalue weighted by atomic mass is 32.1. The minimum absolute atomic E-state index is 0.0240. The van der Waals surface area contributed by atoms with Crippen LogP contribution in [0.5, 0.6) is 0 Å². The Morgan fingerprint density at radius 3 is 2.68 bits per heavy atom. The van der Waals surface area contributed by atoms with Gasteiger partial charge in [0.1, 0.15) is 0 Å². The van der Waals surface area contributed by atoms with Crippen molar-refractivity contribution in [3.63, 3.8) is 0 Å². The number of rotatable bonds is 3. The molecule has 0 saturated carbocycles. The Kier molecular flexibility index (Phi) is 3.94. The normalized spacial score (nSPS) is 22.8. The van der Waals surface area contributed by atoms with Crippen LogP contribution in [0.4, 0.5) is 0 Å². The van der Waals surface area contributed by atoms with E-state index in [9.17, 15) is 9.59 Å². The van der Waals surface area contributed by atoms with E-state index in [1.54, 1.807) is 4.90 Å². The molecule has 2 atom stereocenters. The summed E-state index contributed by atoms with van der Waals surface area (Å²) in [5.41, 5.74) is 1.15. The predicted molar refractivity (Wildman–Crippen MR) is 74.7 cm³/mol. The molecule has 1 aliphatic heterocycles. The minimum Gasteiger partial charge on any atom is -0.481 e. The molecule has 2 heterocycles. The van der Waals surface area contributed by atoms with Gasteiger partial charge in [-0.3, -0.25) is 9.59 Å². The van der Waals surface area contributed by atoms with Crippen molar-refractivity contribution in [1.29, 1.82) is 0 Å². The number of nitrogens with zero attached hydrogens (tertiary/aromatic N) is 1. The zero-order valence-corrected chi connectivity index (χ0v) is 12.3. The van der Waals surface area contributed by atoms with E-state index in [1.807, 2.05) is 19.9 Å². The fraction of sp³-hybridized carbons (Fsp3) is 0.571. The van der Waals surface area contributed by atoms with Gasteiger partial charge in [-0.25, -0.2) is 0 Å². The predicted octanol–water partition coefficient (Wildman–Crippen LogP) is 2.55. The van der Waals surface area contributed by atoms with Gasteiger partial charge in [-0.1, -0.05) is 6.92 Å². The third-order valence-corrected chi connectivity index (χ3v) is 5.25. The van der Waals surface area contributed by atoms with Crippen LogP contribution in [-0.4, -0.2) is 34.5 Å². The molecule has 1 amide bonds. The zero-order chi connectivity index (χ0) is 14.2. The largest absolute Gasteiger partial charge is 0.481 e. The lowest BCUT2D eigenvalue weighted by molar-refractivity contribution is -0.142. The lowest BCUT2D eigenvalue weighted by atomic mass is 10.0. The van der Waals surface area contributed by atoms with Crippen molar-refractivity contribution in [2.24, 2.45) is 5.92 Å². The van der Waals surface area contributed by atoms with Crippen LogP contribution in [0.2, 0.25) is 0 Å². The summed E-state index contributed by atoms with van der Waals surface area (Å²) >= 11 is 1.53. The first-order chi connectivity index (χ1) is 8.95. The van der Waals surface area contributed by atoms with Gasteiger partial charge in [-0.05, 0) is 38.3 Å². The lowest BCUT2D eigenvalue weighted by Crippen LogP contribution is -2.37. The van der Waals surface area contributed by atoms with Crippen molar-refractivity contribution >= 4 is 23.2 Å². The molecule has 2 unspecified atom stereocenters. The molecular formula is C14H19NO3S. The van der Waals surface area contributed by atoms with E-state index in [4.69, 9.17) is 5.11 Å². The van der Waals surface area contributed by atoms with Crippen LogP contribution in [0.15, 0.2) is 6.07 Å². The molecule has 1 saturated heterocycles. The monoisotopic (exact) mass is 281 g/mol. The minimum atomic E-state index is -0.806. The van der Waals surface area contributed by atoms with E-state index < -0.39 is 11.9 Å². The second-order valence-corrected chi connectivity index (χ2v) is 6.18. The Balaban J connectivity index is 2.18. The quantitative estimate of drug-likeness (QED) is 0.926. The fourth-order valence-corrected chi connectivity index (χ4v) is 3.74. The van der Waals surface area contributed by atoms with Gasteiger partial charge in [-0.2, -0.15) is 0 Å². The van der Waals surface area contributed by atoms with Crippen molar-refractivity contribution in [3.8, 4) is 0 Å². The molecule has 1 aromatic rings. The van der Waals surface area contributed by atoms with Crippen molar-refractivity contribution in [1.82, 2.24) is 4.90 Å². The van der Waals surface area contributed by atoms with Gasteiger partial charge in [0.25, 0.3) is 5.91 Å². The van der Waals surface area contributed by atoms with Gasteiger partial charge in [0.15, 0.2) is 0 Å². The van der Waals surface area contributed by atoms with Crippen LogP contribution in [-0.2, 0) is 11.2 Å². The molecule has 0 aromatic carbocycles. The zero-order valence-electron chi connectivity index (χ0n) is 11.5. The molecule has 2 rings (SSSR count). The molecule has 0 bridgehead atoms. The number of carbonyl (C=O) groups excluding carboxylic acids is 1. The van der Waals surface area contributed by atoms with Crippen LogP contribution in [0.25, 0.3) is 0 Å². The number of thiophene rings is 1. The number of aryl methyl sites for hydroxylation is 2. The fourth-order valence-electron chi connectivity index (χ4n) is 2.67. The molecule has 5 heteroatoms. The average Bonchev–Trinajstić information content (AvgIpc) is 2.91. The Hall–Kier alpha value is -1.36. The number of amides is 1. The summed E-state index contributed by atoms with van der Waals surface area (Å²) in [7, 11) is 0. The highest BCUT2D eigenvalue weighted by molar-refractivity contribution is 7.14. The SMILES string of the molecule is CCc1sc(C(=O)N2CCC(C(=O)O)C2C)cc1C. The van der Waals surface area contributed by atoms with Crippen LogP contribution in [0, 0.1) is 12.8 Å². The smallest absolute Gasteiger partial charge is 0.308 e. The van der Waals surface area contributed by atoms with E-state index in [-0.39, 0.29) is 11.9 Å². The van der Waals surface area contributed by atoms with Crippen molar-refractivity contribution < 1.29 is 14.7 Å². The van der Waals surface area contributed by atoms with Crippen molar-refractivity contribution in [2.75, 3.05) is 6.54 Å². The third kappa shape index (κ3) is 2.52. The van der Waals surface area contributed by atoms with Crippen LogP contribution >= 0.6 is 11.3 Å². The Labute approximate surface area is 117 Å². The standard InChI is InChI=1S/C14H19NO3S/c1-4-11-8(2)7-12(19-11)13(16)15-6-5-10(9(15)3)14(17)18/h7,9-10H,4-6H2,1-3H3,(H,17,18). The molecule has 1 N–H and O–H groups in total. The first-order valence-corrected chi connectivity index (χ1v) is 7.40. The molecule has 1 aromatic heterocycles. The molecule has 104 valence electrons. The number of carboxylic acids is 1. The van der Waals surface area contributed by atoms with E-state index in [1.165, 1.54) is 16.2 Å². The summed E-state index contributed by atoms with van der Waals surface area (Å²) < 4.78 is 0. The van der Waals surface area contributed by atoms with Crippen LogP contribution in [0.3, 0.4) is 0 Å². The van der Waals surface area contributed by atoms with Crippen molar-refractivity contribution in [3.05, 3.63) is 21.4 Å². The van der Waals surface area contributed by atoms with Crippen LogP contribution in [0.1, 0.15) is 40.4 Å². The molecular weight excluding hydrogens is 262 g/mol. The molecule has 4 nitrogen and oxygen atoms in total. The maximum Gasteiger partial charge on any atom is 0.308 e. The molecule has 1 fully saturated rings. The summed E-state index contributed by atoms with van der Waals surface area (Å²) in [6, 6.07) is 1.70. The highest BCUT2D eigenvalue weighted by Crippen LogP contribution is 2.29.